The number of hydrogen-bond acceptors (Lipinski definition) is 6. The molecule has 0 bridgehead atoms. The summed E-state index contributed by atoms with van der Waals surface area (Å²) < 4.78 is 30.5. The van der Waals surface area contributed by atoms with Gasteiger partial charge in [0.2, 0.25) is 8.32 Å². The molecule has 206 valence electrons. The lowest BCUT2D eigenvalue weighted by molar-refractivity contribution is -0.155. The zero-order chi connectivity index (χ0) is 27.2. The van der Waals surface area contributed by atoms with E-state index in [1.54, 1.807) is 0 Å². The first-order chi connectivity index (χ1) is 17.3. The fourth-order valence-electron chi connectivity index (χ4n) is 5.60. The Morgan fingerprint density at radius 1 is 1.14 bits per heavy atom. The van der Waals surface area contributed by atoms with E-state index in [0.29, 0.717) is 30.2 Å². The van der Waals surface area contributed by atoms with Crippen molar-refractivity contribution in [3.05, 3.63) is 52.3 Å². The molecule has 2 aliphatic heterocycles. The summed E-state index contributed by atoms with van der Waals surface area (Å²) >= 11 is 7.35. The molecule has 1 aromatic rings. The van der Waals surface area contributed by atoms with E-state index in [2.05, 4.69) is 59.8 Å². The second-order valence-electron chi connectivity index (χ2n) is 12.4. The van der Waals surface area contributed by atoms with Crippen molar-refractivity contribution in [1.29, 1.82) is 0 Å². The minimum absolute atomic E-state index is 0.00253. The summed E-state index contributed by atoms with van der Waals surface area (Å²) in [7, 11) is -2.18. The molecule has 37 heavy (non-hydrogen) atoms. The SMILES string of the molecule is CCOc1ccc(C[C@]2([C@@H]3C[C@@H]4OCO[C@@H]4O3)C(Cl)=CC(O[Si](C)(C)C(C)(C)C)=C(CO)C2(C)C)cc1. The Morgan fingerprint density at radius 2 is 1.81 bits per heavy atom. The molecule has 0 saturated carbocycles. The Hall–Kier alpha value is -1.35. The van der Waals surface area contributed by atoms with E-state index in [-0.39, 0.29) is 30.6 Å². The van der Waals surface area contributed by atoms with Gasteiger partial charge in [-0.25, -0.2) is 0 Å². The maximum atomic E-state index is 10.8. The average Bonchev–Trinajstić information content (AvgIpc) is 3.39. The molecule has 1 aromatic carbocycles. The molecule has 1 N–H and O–H groups in total. The van der Waals surface area contributed by atoms with Gasteiger partial charge in [-0.15, -0.1) is 0 Å². The lowest BCUT2D eigenvalue weighted by Crippen LogP contribution is -2.53. The van der Waals surface area contributed by atoms with Crippen molar-refractivity contribution < 1.29 is 28.5 Å². The quantitative estimate of drug-likeness (QED) is 0.371. The second-order valence-corrected chi connectivity index (χ2v) is 17.6. The Labute approximate surface area is 228 Å². The van der Waals surface area contributed by atoms with Crippen molar-refractivity contribution >= 4 is 19.9 Å². The van der Waals surface area contributed by atoms with Crippen LogP contribution in [0, 0.1) is 10.8 Å². The van der Waals surface area contributed by atoms with Gasteiger partial charge in [0.05, 0.1) is 19.3 Å². The van der Waals surface area contributed by atoms with Gasteiger partial charge in [0.1, 0.15) is 17.6 Å². The average molecular weight is 551 g/mol. The number of rotatable bonds is 8. The van der Waals surface area contributed by atoms with E-state index in [4.69, 9.17) is 35.0 Å². The highest BCUT2D eigenvalue weighted by molar-refractivity contribution is 6.74. The van der Waals surface area contributed by atoms with Crippen LogP contribution in [-0.2, 0) is 25.1 Å². The standard InChI is InChI=1S/C29H43ClO6Si/c1-9-32-20-12-10-19(11-13-20)16-29(25-15-23-26(35-25)34-18-33-23)24(30)14-22(21(17-31)28(29,5)6)36-37(7,8)27(2,3)4/h10-14,23,25-26,31H,9,15-18H2,1-8H3/t23-,25-,26+,29+/m0/s1. The number of aliphatic hydroxyl groups is 1. The van der Waals surface area contributed by atoms with Crippen molar-refractivity contribution in [1.82, 2.24) is 0 Å². The van der Waals surface area contributed by atoms with Crippen LogP contribution in [0.3, 0.4) is 0 Å². The molecular weight excluding hydrogens is 508 g/mol. The Morgan fingerprint density at radius 3 is 2.38 bits per heavy atom. The number of aliphatic hydroxyl groups excluding tert-OH is 1. The van der Waals surface area contributed by atoms with Crippen LogP contribution in [-0.4, -0.2) is 51.9 Å². The second kappa shape index (κ2) is 10.3. The fourth-order valence-corrected chi connectivity index (χ4v) is 7.16. The van der Waals surface area contributed by atoms with Gasteiger partial charge in [0.15, 0.2) is 13.1 Å². The van der Waals surface area contributed by atoms with E-state index in [0.717, 1.165) is 16.9 Å². The molecule has 1 aliphatic carbocycles. The molecule has 2 saturated heterocycles. The van der Waals surface area contributed by atoms with E-state index in [9.17, 15) is 5.11 Å². The largest absolute Gasteiger partial charge is 0.543 e. The molecule has 0 amide bonds. The van der Waals surface area contributed by atoms with Crippen LogP contribution in [0.1, 0.15) is 53.5 Å². The van der Waals surface area contributed by atoms with Crippen molar-refractivity contribution in [2.24, 2.45) is 10.8 Å². The zero-order valence-electron chi connectivity index (χ0n) is 23.5. The van der Waals surface area contributed by atoms with Gasteiger partial charge >= 0.3 is 0 Å². The minimum Gasteiger partial charge on any atom is -0.543 e. The third kappa shape index (κ3) is 5.03. The van der Waals surface area contributed by atoms with Gasteiger partial charge in [-0.05, 0) is 55.2 Å². The predicted octanol–water partition coefficient (Wildman–Crippen LogP) is 6.53. The van der Waals surface area contributed by atoms with Crippen molar-refractivity contribution in [3.8, 4) is 5.75 Å². The third-order valence-corrected chi connectivity index (χ3v) is 13.8. The van der Waals surface area contributed by atoms with Gasteiger partial charge in [-0.2, -0.15) is 0 Å². The predicted molar refractivity (Wildman–Crippen MR) is 148 cm³/mol. The molecule has 0 aromatic heterocycles. The van der Waals surface area contributed by atoms with Crippen LogP contribution in [0.4, 0.5) is 0 Å². The van der Waals surface area contributed by atoms with E-state index in [1.165, 1.54) is 0 Å². The van der Waals surface area contributed by atoms with Crippen LogP contribution < -0.4 is 4.74 Å². The highest BCUT2D eigenvalue weighted by atomic mass is 35.5. The maximum Gasteiger partial charge on any atom is 0.250 e. The molecule has 6 nitrogen and oxygen atoms in total. The van der Waals surface area contributed by atoms with Crippen LogP contribution in [0.2, 0.25) is 18.1 Å². The Kier molecular flexibility index (Phi) is 7.99. The first-order valence-corrected chi connectivity index (χ1v) is 16.6. The fraction of sp³-hybridized carbons (Fsp3) is 0.655. The molecular formula is C29H43ClO6Si. The maximum absolute atomic E-state index is 10.8. The molecule has 0 unspecified atom stereocenters. The molecule has 2 heterocycles. The highest BCUT2D eigenvalue weighted by Crippen LogP contribution is 2.62. The van der Waals surface area contributed by atoms with Crippen molar-refractivity contribution in [2.45, 2.75) is 91.0 Å². The van der Waals surface area contributed by atoms with E-state index < -0.39 is 25.4 Å². The summed E-state index contributed by atoms with van der Waals surface area (Å²) in [5.41, 5.74) is 0.691. The van der Waals surface area contributed by atoms with Gasteiger partial charge in [0, 0.05) is 27.9 Å². The summed E-state index contributed by atoms with van der Waals surface area (Å²) in [6.45, 7) is 18.0. The van der Waals surface area contributed by atoms with Crippen LogP contribution >= 0.6 is 11.6 Å². The Bertz CT molecular complexity index is 1030. The third-order valence-electron chi connectivity index (χ3n) is 9.01. The van der Waals surface area contributed by atoms with Crippen LogP contribution in [0.25, 0.3) is 0 Å². The lowest BCUT2D eigenvalue weighted by Gasteiger charge is -2.54. The van der Waals surface area contributed by atoms with Crippen molar-refractivity contribution in [3.63, 3.8) is 0 Å². The number of hydrogen-bond donors (Lipinski definition) is 1. The summed E-state index contributed by atoms with van der Waals surface area (Å²) in [5.74, 6) is 1.52. The highest BCUT2D eigenvalue weighted by Gasteiger charge is 2.61. The molecule has 3 aliphatic rings. The normalized spacial score (nSPS) is 29.8. The smallest absolute Gasteiger partial charge is 0.250 e. The summed E-state index contributed by atoms with van der Waals surface area (Å²) in [6, 6.07) is 8.15. The summed E-state index contributed by atoms with van der Waals surface area (Å²) in [6.07, 6.45) is 2.40. The van der Waals surface area contributed by atoms with Gasteiger partial charge in [-0.1, -0.05) is 58.4 Å². The van der Waals surface area contributed by atoms with Crippen LogP contribution in [0.5, 0.6) is 5.75 Å². The van der Waals surface area contributed by atoms with E-state index in [1.807, 2.05) is 25.1 Å². The lowest BCUT2D eigenvalue weighted by atomic mass is 9.54. The monoisotopic (exact) mass is 550 g/mol. The summed E-state index contributed by atoms with van der Waals surface area (Å²) in [5, 5.41) is 11.5. The van der Waals surface area contributed by atoms with Gasteiger partial charge in [0.25, 0.3) is 0 Å². The molecule has 0 radical (unpaired) electrons. The van der Waals surface area contributed by atoms with Gasteiger partial charge in [-0.3, -0.25) is 0 Å². The number of benzene rings is 1. The molecule has 2 fully saturated rings. The van der Waals surface area contributed by atoms with Crippen LogP contribution in [0.15, 0.2) is 46.7 Å². The van der Waals surface area contributed by atoms with Crippen molar-refractivity contribution in [2.75, 3.05) is 20.0 Å². The molecule has 4 rings (SSSR count). The number of allylic oxidation sites excluding steroid dienone is 1. The first-order valence-electron chi connectivity index (χ1n) is 13.3. The number of ether oxygens (including phenoxy) is 4. The first kappa shape index (κ1) is 28.6. The summed E-state index contributed by atoms with van der Waals surface area (Å²) in [4.78, 5) is 0. The number of fused-ring (bicyclic) bond motifs is 1. The zero-order valence-corrected chi connectivity index (χ0v) is 25.3. The topological polar surface area (TPSA) is 66.4 Å². The molecule has 0 spiro atoms. The Balaban J connectivity index is 1.80. The molecule has 4 atom stereocenters. The van der Waals surface area contributed by atoms with Gasteiger partial charge < -0.3 is 28.5 Å². The molecule has 8 heteroatoms. The minimum atomic E-state index is -2.18. The number of halogens is 1. The van der Waals surface area contributed by atoms with E-state index >= 15 is 0 Å².